The van der Waals surface area contributed by atoms with Crippen LogP contribution < -0.4 is 9.47 Å². The van der Waals surface area contributed by atoms with Gasteiger partial charge in [-0.15, -0.1) is 0 Å². The highest BCUT2D eigenvalue weighted by Crippen LogP contribution is 2.42. The van der Waals surface area contributed by atoms with Crippen LogP contribution in [-0.4, -0.2) is 66.0 Å². The molecule has 0 bridgehead atoms. The van der Waals surface area contributed by atoms with Crippen LogP contribution in [0.2, 0.25) is 0 Å². The Morgan fingerprint density at radius 1 is 0.943 bits per heavy atom. The van der Waals surface area contributed by atoms with E-state index in [4.69, 9.17) is 9.47 Å². The van der Waals surface area contributed by atoms with Crippen LogP contribution in [0.25, 0.3) is 5.76 Å². The summed E-state index contributed by atoms with van der Waals surface area (Å²) in [5.41, 5.74) is 1.28. The first-order valence-electron chi connectivity index (χ1n) is 12.4. The van der Waals surface area contributed by atoms with E-state index in [9.17, 15) is 14.7 Å². The van der Waals surface area contributed by atoms with Crippen molar-refractivity contribution >= 4 is 17.4 Å². The van der Waals surface area contributed by atoms with Gasteiger partial charge in [0.1, 0.15) is 5.76 Å². The van der Waals surface area contributed by atoms with E-state index < -0.39 is 17.7 Å². The van der Waals surface area contributed by atoms with Gasteiger partial charge in [0.05, 0.1) is 24.8 Å². The largest absolute Gasteiger partial charge is 0.507 e. The number of hydrogen-bond donors (Lipinski definition) is 1. The number of ether oxygens (including phenoxy) is 2. The lowest BCUT2D eigenvalue weighted by Gasteiger charge is -2.27. The first-order chi connectivity index (χ1) is 17.0. The van der Waals surface area contributed by atoms with E-state index in [-0.39, 0.29) is 11.3 Å². The van der Waals surface area contributed by atoms with Crippen molar-refractivity contribution in [2.24, 2.45) is 0 Å². The van der Waals surface area contributed by atoms with Crippen molar-refractivity contribution in [3.8, 4) is 11.5 Å². The van der Waals surface area contributed by atoms with E-state index in [1.54, 1.807) is 41.3 Å². The Kier molecular flexibility index (Phi) is 9.32. The Morgan fingerprint density at radius 3 is 2.23 bits per heavy atom. The minimum absolute atomic E-state index is 0.0932. The highest BCUT2D eigenvalue weighted by Gasteiger charge is 2.46. The molecule has 1 N–H and O–H groups in total. The molecule has 1 aliphatic rings. The van der Waals surface area contributed by atoms with Crippen molar-refractivity contribution in [3.05, 3.63) is 65.2 Å². The van der Waals surface area contributed by atoms with Crippen molar-refractivity contribution in [3.63, 3.8) is 0 Å². The average Bonchev–Trinajstić information content (AvgIpc) is 3.13. The zero-order chi connectivity index (χ0) is 25.4. The maximum absolute atomic E-state index is 13.2. The van der Waals surface area contributed by atoms with Crippen molar-refractivity contribution in [2.75, 3.05) is 39.4 Å². The van der Waals surface area contributed by atoms with Gasteiger partial charge >= 0.3 is 0 Å². The first-order valence-corrected chi connectivity index (χ1v) is 12.4. The summed E-state index contributed by atoms with van der Waals surface area (Å²) in [5, 5.41) is 11.2. The van der Waals surface area contributed by atoms with Crippen LogP contribution >= 0.6 is 0 Å². The number of likely N-dealkylation sites (tertiary alicyclic amines) is 1. The van der Waals surface area contributed by atoms with E-state index in [0.717, 1.165) is 19.6 Å². The molecular formula is C28H36N2O5. The molecule has 0 saturated carbocycles. The number of hydrogen-bond acceptors (Lipinski definition) is 6. The highest BCUT2D eigenvalue weighted by molar-refractivity contribution is 6.46. The summed E-state index contributed by atoms with van der Waals surface area (Å²) in [6.07, 6.45) is 0.714. The van der Waals surface area contributed by atoms with E-state index >= 15 is 0 Å². The van der Waals surface area contributed by atoms with Gasteiger partial charge in [-0.05, 0) is 57.6 Å². The van der Waals surface area contributed by atoms with Crippen molar-refractivity contribution < 1.29 is 24.2 Å². The first kappa shape index (κ1) is 26.3. The highest BCUT2D eigenvalue weighted by atomic mass is 16.5. The Labute approximate surface area is 207 Å². The normalized spacial score (nSPS) is 17.3. The second-order valence-corrected chi connectivity index (χ2v) is 8.31. The lowest BCUT2D eigenvalue weighted by Crippen LogP contribution is -2.33. The number of amides is 1. The number of carbonyl (C=O) groups excluding carboxylic acids is 2. The summed E-state index contributed by atoms with van der Waals surface area (Å²) in [7, 11) is 0. The Bertz CT molecular complexity index is 1050. The lowest BCUT2D eigenvalue weighted by atomic mass is 9.95. The molecule has 188 valence electrons. The molecule has 1 fully saturated rings. The number of aliphatic hydroxyl groups is 1. The maximum atomic E-state index is 13.2. The number of benzene rings is 2. The standard InChI is InChI=1S/C28H36N2O5/c1-5-29(6-2)17-12-18-30-25(21-15-16-22(34-7-3)23(19-21)35-8-4)24(27(32)28(30)33)26(31)20-13-10-9-11-14-20/h9-11,13-16,19,25,31H,5-8,12,17-18H2,1-4H3/t25-/m0/s1. The molecule has 35 heavy (non-hydrogen) atoms. The van der Waals surface area contributed by atoms with Gasteiger partial charge in [-0.1, -0.05) is 50.2 Å². The molecule has 0 aromatic heterocycles. The van der Waals surface area contributed by atoms with Crippen LogP contribution in [0.4, 0.5) is 0 Å². The number of carbonyl (C=O) groups is 2. The summed E-state index contributed by atoms with van der Waals surface area (Å²) in [6.45, 7) is 12.0. The zero-order valence-electron chi connectivity index (χ0n) is 21.1. The van der Waals surface area contributed by atoms with E-state index in [2.05, 4.69) is 18.7 Å². The zero-order valence-corrected chi connectivity index (χ0v) is 21.1. The second-order valence-electron chi connectivity index (χ2n) is 8.31. The molecule has 0 radical (unpaired) electrons. The number of nitrogens with zero attached hydrogens (tertiary/aromatic N) is 2. The van der Waals surface area contributed by atoms with Crippen molar-refractivity contribution in [1.29, 1.82) is 0 Å². The monoisotopic (exact) mass is 480 g/mol. The van der Waals surface area contributed by atoms with Crippen molar-refractivity contribution in [1.82, 2.24) is 9.80 Å². The molecule has 7 nitrogen and oxygen atoms in total. The average molecular weight is 481 g/mol. The van der Waals surface area contributed by atoms with Gasteiger partial charge in [0.15, 0.2) is 11.5 Å². The van der Waals surface area contributed by atoms with Crippen LogP contribution in [0.15, 0.2) is 54.1 Å². The predicted octanol–water partition coefficient (Wildman–Crippen LogP) is 4.64. The van der Waals surface area contributed by atoms with Crippen LogP contribution in [0.5, 0.6) is 11.5 Å². The molecule has 2 aromatic rings. The summed E-state index contributed by atoms with van der Waals surface area (Å²) >= 11 is 0. The fourth-order valence-electron chi connectivity index (χ4n) is 4.45. The van der Waals surface area contributed by atoms with Crippen LogP contribution in [0.3, 0.4) is 0 Å². The molecule has 7 heteroatoms. The van der Waals surface area contributed by atoms with Gasteiger partial charge in [-0.3, -0.25) is 9.59 Å². The molecular weight excluding hydrogens is 444 g/mol. The van der Waals surface area contributed by atoms with Gasteiger partial charge in [-0.25, -0.2) is 0 Å². The summed E-state index contributed by atoms with van der Waals surface area (Å²) in [5.74, 6) is -0.308. The van der Waals surface area contributed by atoms with E-state index in [0.29, 0.717) is 48.8 Å². The number of rotatable bonds is 12. The van der Waals surface area contributed by atoms with Gasteiger partial charge in [0.2, 0.25) is 0 Å². The van der Waals surface area contributed by atoms with E-state index in [1.165, 1.54) is 0 Å². The lowest BCUT2D eigenvalue weighted by molar-refractivity contribution is -0.140. The van der Waals surface area contributed by atoms with Gasteiger partial charge in [-0.2, -0.15) is 0 Å². The van der Waals surface area contributed by atoms with Crippen LogP contribution in [0, 0.1) is 0 Å². The van der Waals surface area contributed by atoms with Crippen molar-refractivity contribution in [2.45, 2.75) is 40.2 Å². The molecule has 0 aliphatic carbocycles. The van der Waals surface area contributed by atoms with Crippen LogP contribution in [0.1, 0.15) is 51.3 Å². The predicted molar refractivity (Wildman–Crippen MR) is 137 cm³/mol. The molecule has 1 heterocycles. The molecule has 1 aliphatic heterocycles. The number of Topliss-reactive ketones (excluding diaryl/α,β-unsaturated/α-hetero) is 1. The van der Waals surface area contributed by atoms with Gasteiger partial charge in [0, 0.05) is 12.1 Å². The molecule has 2 aromatic carbocycles. The molecule has 1 amide bonds. The third kappa shape index (κ3) is 5.85. The van der Waals surface area contributed by atoms with Gasteiger partial charge in [0.25, 0.3) is 11.7 Å². The number of aliphatic hydroxyl groups excluding tert-OH is 1. The minimum Gasteiger partial charge on any atom is -0.507 e. The fraction of sp³-hybridized carbons (Fsp3) is 0.429. The fourth-order valence-corrected chi connectivity index (χ4v) is 4.45. The topological polar surface area (TPSA) is 79.3 Å². The summed E-state index contributed by atoms with van der Waals surface area (Å²) in [4.78, 5) is 30.3. The smallest absolute Gasteiger partial charge is 0.295 e. The summed E-state index contributed by atoms with van der Waals surface area (Å²) in [6, 6.07) is 13.6. The third-order valence-electron chi connectivity index (χ3n) is 6.24. The molecule has 0 spiro atoms. The minimum atomic E-state index is -0.721. The SMILES string of the molecule is CCOc1ccc([C@H]2C(=C(O)c3ccccc3)C(=O)C(=O)N2CCCN(CC)CC)cc1OCC. The Morgan fingerprint density at radius 2 is 1.60 bits per heavy atom. The number of ketones is 1. The molecule has 3 rings (SSSR count). The molecule has 1 saturated heterocycles. The van der Waals surface area contributed by atoms with Crippen LogP contribution in [-0.2, 0) is 9.59 Å². The quantitative estimate of drug-likeness (QED) is 0.271. The van der Waals surface area contributed by atoms with Gasteiger partial charge < -0.3 is 24.4 Å². The van der Waals surface area contributed by atoms with E-state index in [1.807, 2.05) is 26.0 Å². The summed E-state index contributed by atoms with van der Waals surface area (Å²) < 4.78 is 11.5. The Hall–Kier alpha value is -3.32. The Balaban J connectivity index is 2.08. The molecule has 0 unspecified atom stereocenters. The maximum Gasteiger partial charge on any atom is 0.295 e. The third-order valence-corrected chi connectivity index (χ3v) is 6.24. The molecule has 1 atom stereocenters. The second kappa shape index (κ2) is 12.4.